The van der Waals surface area contributed by atoms with Crippen molar-refractivity contribution >= 4 is 104 Å². The van der Waals surface area contributed by atoms with Gasteiger partial charge in [-0.2, -0.15) is 52.7 Å². The topological polar surface area (TPSA) is 124 Å². The average Bonchev–Trinajstić information content (AvgIpc) is 3.96. The van der Waals surface area contributed by atoms with E-state index in [-0.39, 0.29) is 14.1 Å². The van der Waals surface area contributed by atoms with Gasteiger partial charge in [-0.3, -0.25) is 14.2 Å². The van der Waals surface area contributed by atoms with Crippen LogP contribution in [0.4, 0.5) is 58.5 Å². The third-order valence-electron chi connectivity index (χ3n) is 9.36. The molecule has 4 heterocycles. The van der Waals surface area contributed by atoms with E-state index in [1.165, 1.54) is 57.9 Å². The molecule has 0 amide bonds. The summed E-state index contributed by atoms with van der Waals surface area (Å²) >= 11 is 28.0. The first-order valence-corrected chi connectivity index (χ1v) is 27.3. The summed E-state index contributed by atoms with van der Waals surface area (Å²) in [4.78, 5) is 34.3. The minimum absolute atomic E-state index is 0.0167. The summed E-state index contributed by atoms with van der Waals surface area (Å²) in [5, 5.41) is 0.185. The summed E-state index contributed by atoms with van der Waals surface area (Å²) in [5.74, 6) is 2.24. The third kappa shape index (κ3) is 27.5. The first kappa shape index (κ1) is 65.0. The summed E-state index contributed by atoms with van der Waals surface area (Å²) in [6.45, 7) is 8.18. The Kier molecular flexibility index (Phi) is 28.5. The fraction of sp³-hybridized carbons (Fsp3) is 0.500. The Morgan fingerprint density at radius 2 is 1.10 bits per heavy atom. The molecule has 2 aliphatic rings. The lowest BCUT2D eigenvalue weighted by Gasteiger charge is -2.26. The molecule has 3 N–H and O–H groups in total. The van der Waals surface area contributed by atoms with Gasteiger partial charge in [0.05, 0.1) is 35.7 Å². The molecule has 4 aromatic heterocycles. The van der Waals surface area contributed by atoms with Crippen LogP contribution in [0.3, 0.4) is 0 Å². The Balaban J connectivity index is 0.000000432. The Hall–Kier alpha value is -2.05. The lowest BCUT2D eigenvalue weighted by Crippen LogP contribution is -2.29. The van der Waals surface area contributed by atoms with E-state index in [9.17, 15) is 66.8 Å². The van der Waals surface area contributed by atoms with Crippen molar-refractivity contribution in [1.29, 1.82) is 0 Å². The molecule has 0 saturated heterocycles. The van der Waals surface area contributed by atoms with Gasteiger partial charge in [0, 0.05) is 43.9 Å². The van der Waals surface area contributed by atoms with Gasteiger partial charge in [-0.1, -0.05) is 44.2 Å². The maximum absolute atomic E-state index is 12.6. The SMILES string of the molecule is CCN(CC1CCCC1)c1ncc(C(F)(F)F)cc1Br.CCNCC1CCCC1.FC(F)(F)c1cnc(Cl)c(Br)c1.O=P(Cl)(Cl)Cl.O=c1[nH]cc(C(F)(F)F)cc1Br.O=c1ccc(C(F)(F)F)c[nH]1. The minimum atomic E-state index is -4.42. The lowest BCUT2D eigenvalue weighted by atomic mass is 10.1. The monoisotopic (exact) mass is 1290 g/mol. The number of hydrogen-bond acceptors (Lipinski definition) is 7. The Bertz CT molecular complexity index is 2300. The predicted octanol–water partition coefficient (Wildman–Crippen LogP) is 16.5. The van der Waals surface area contributed by atoms with Crippen LogP contribution in [0.2, 0.25) is 5.15 Å². The van der Waals surface area contributed by atoms with Crippen LogP contribution in [-0.2, 0) is 29.3 Å². The minimum Gasteiger partial charge on any atom is -0.356 e. The maximum atomic E-state index is 12.6. The molecule has 29 heteroatoms. The number of aromatic amines is 2. The molecule has 4 aromatic rings. The molecule has 0 spiro atoms. The zero-order chi connectivity index (χ0) is 53.0. The molecule has 9 nitrogen and oxygen atoms in total. The first-order valence-electron chi connectivity index (χ1n) is 20.1. The number of pyridine rings is 4. The van der Waals surface area contributed by atoms with E-state index < -0.39 is 63.3 Å². The van der Waals surface area contributed by atoms with Crippen LogP contribution in [0.15, 0.2) is 78.1 Å². The highest BCUT2D eigenvalue weighted by Crippen LogP contribution is 2.61. The van der Waals surface area contributed by atoms with E-state index >= 15 is 0 Å². The highest BCUT2D eigenvalue weighted by Gasteiger charge is 2.34. The molecular weight excluding hydrogens is 1250 g/mol. The molecule has 0 unspecified atom stereocenters. The summed E-state index contributed by atoms with van der Waals surface area (Å²) in [6.07, 6.45) is -3.88. The second-order valence-corrected chi connectivity index (χ2v) is 24.1. The number of alkyl halides is 12. The number of nitrogens with one attached hydrogen (secondary N) is 3. The second-order valence-electron chi connectivity index (χ2n) is 14.6. The van der Waals surface area contributed by atoms with Gasteiger partial charge in [-0.05, 0) is 163 Å². The van der Waals surface area contributed by atoms with E-state index in [1.54, 1.807) is 0 Å². The van der Waals surface area contributed by atoms with E-state index in [1.807, 2.05) is 16.9 Å². The van der Waals surface area contributed by atoms with Crippen molar-refractivity contribution < 1.29 is 57.3 Å². The standard InChI is InChI=1S/C14H18BrF3N2.C8H17N.C6H2BrClF3N.C6H3BrF3NO.C6H4F3NO.Cl3OP/c1-2-20(9-10-5-3-4-6-10)13-12(15)7-11(8-19-13)14(16,17)18;1-2-9-7-8-5-3-4-6-8;7-4-1-3(6(9,10)11)2-12-5(4)8;7-4-1-3(6(8,9)10)2-11-5(4)12;7-6(8,9)4-1-2-5(11)10-3-4;1-5(2,3)4/h7-8,10H,2-6,9H2,1H3;8-9H,2-7H2,1H3;1-2H;1-2H,(H,11,12);1-3H,(H,10,11);. The molecule has 2 fully saturated rings. The largest absolute Gasteiger partial charge is 0.417 e. The van der Waals surface area contributed by atoms with Gasteiger partial charge in [-0.15, -0.1) is 0 Å². The molecule has 2 saturated carbocycles. The van der Waals surface area contributed by atoms with E-state index in [0.29, 0.717) is 34.8 Å². The van der Waals surface area contributed by atoms with Crippen LogP contribution in [0.25, 0.3) is 0 Å². The van der Waals surface area contributed by atoms with Gasteiger partial charge in [-0.25, -0.2) is 9.97 Å². The zero-order valence-electron chi connectivity index (χ0n) is 36.0. The number of aromatic nitrogens is 4. The number of rotatable bonds is 7. The second kappa shape index (κ2) is 30.2. The fourth-order valence-electron chi connectivity index (χ4n) is 6.03. The number of halogens is 19. The zero-order valence-corrected chi connectivity index (χ0v) is 44.7. The van der Waals surface area contributed by atoms with Gasteiger partial charge in [0.2, 0.25) is 5.56 Å². The lowest BCUT2D eigenvalue weighted by molar-refractivity contribution is -0.138. The maximum Gasteiger partial charge on any atom is 0.417 e. The van der Waals surface area contributed by atoms with Crippen molar-refractivity contribution in [2.45, 2.75) is 89.9 Å². The summed E-state index contributed by atoms with van der Waals surface area (Å²) < 4.78 is 155. The summed E-state index contributed by atoms with van der Waals surface area (Å²) in [7, 11) is 0. The van der Waals surface area contributed by atoms with Crippen molar-refractivity contribution in [2.75, 3.05) is 31.1 Å². The molecule has 390 valence electrons. The van der Waals surface area contributed by atoms with Crippen molar-refractivity contribution in [3.8, 4) is 0 Å². The van der Waals surface area contributed by atoms with Crippen LogP contribution in [0.5, 0.6) is 0 Å². The first-order chi connectivity index (χ1) is 31.7. The van der Waals surface area contributed by atoms with Crippen molar-refractivity contribution in [1.82, 2.24) is 25.3 Å². The molecule has 0 aliphatic heterocycles. The molecule has 69 heavy (non-hydrogen) atoms. The number of hydrogen-bond donors (Lipinski definition) is 3. The predicted molar refractivity (Wildman–Crippen MR) is 256 cm³/mol. The van der Waals surface area contributed by atoms with E-state index in [0.717, 1.165) is 62.1 Å². The van der Waals surface area contributed by atoms with Crippen LogP contribution < -0.4 is 21.3 Å². The smallest absolute Gasteiger partial charge is 0.356 e. The molecule has 0 radical (unpaired) electrons. The van der Waals surface area contributed by atoms with Gasteiger partial charge in [0.25, 0.3) is 5.56 Å². The molecule has 0 bridgehead atoms. The number of anilines is 1. The normalized spacial score (nSPS) is 14.3. The summed E-state index contributed by atoms with van der Waals surface area (Å²) in [5.41, 5.74) is -4.39. The van der Waals surface area contributed by atoms with Crippen LogP contribution >= 0.6 is 98.3 Å². The van der Waals surface area contributed by atoms with Crippen LogP contribution in [0, 0.1) is 11.8 Å². The van der Waals surface area contributed by atoms with Gasteiger partial charge >= 0.3 is 29.9 Å². The third-order valence-corrected chi connectivity index (χ3v) is 11.7. The highest BCUT2D eigenvalue weighted by molar-refractivity contribution is 9.11. The van der Waals surface area contributed by atoms with Crippen molar-refractivity contribution in [2.24, 2.45) is 11.8 Å². The molecule has 0 aromatic carbocycles. The van der Waals surface area contributed by atoms with Crippen molar-refractivity contribution in [3.63, 3.8) is 0 Å². The Morgan fingerprint density at radius 1 is 0.667 bits per heavy atom. The van der Waals surface area contributed by atoms with Crippen molar-refractivity contribution in [3.05, 3.63) is 117 Å². The average molecular weight is 1300 g/mol. The highest BCUT2D eigenvalue weighted by atomic mass is 79.9. The molecule has 2 aliphatic carbocycles. The number of nitrogens with zero attached hydrogens (tertiary/aromatic N) is 3. The van der Waals surface area contributed by atoms with E-state index in [4.69, 9.17) is 11.6 Å². The molecular formula is C40H44Br3Cl4F12N6O3P. The summed E-state index contributed by atoms with van der Waals surface area (Å²) in [6, 6.07) is 4.30. The number of H-pyrrole nitrogens is 2. The van der Waals surface area contributed by atoms with Crippen LogP contribution in [-0.4, -0.2) is 46.1 Å². The molecule has 0 atom stereocenters. The van der Waals surface area contributed by atoms with Crippen LogP contribution in [0.1, 0.15) is 87.5 Å². The molecule has 6 rings (SSSR count). The quantitative estimate of drug-likeness (QED) is 0.0956. The van der Waals surface area contributed by atoms with E-state index in [2.05, 4.69) is 109 Å². The van der Waals surface area contributed by atoms with Gasteiger partial charge in [0.1, 0.15) is 11.0 Å². The Morgan fingerprint density at radius 3 is 1.49 bits per heavy atom. The Labute approximate surface area is 433 Å². The van der Waals surface area contributed by atoms with Gasteiger partial charge < -0.3 is 20.2 Å². The fourth-order valence-corrected chi connectivity index (χ4v) is 7.45. The van der Waals surface area contributed by atoms with Gasteiger partial charge in [0.15, 0.2) is 0 Å².